The average Bonchev–Trinajstić information content (AvgIpc) is 2.84. The summed E-state index contributed by atoms with van der Waals surface area (Å²) in [5, 5.41) is 3.59. The third-order valence-corrected chi connectivity index (χ3v) is 4.40. The van der Waals surface area contributed by atoms with Crippen LogP contribution in [0.3, 0.4) is 0 Å². The molecule has 4 rings (SSSR count). The summed E-state index contributed by atoms with van der Waals surface area (Å²) in [6.45, 7) is 0.964. The highest BCUT2D eigenvalue weighted by atomic mass is 16.1. The number of fused-ring (bicyclic) bond motifs is 1. The van der Waals surface area contributed by atoms with Crippen LogP contribution in [0, 0.1) is 0 Å². The largest absolute Gasteiger partial charge is 0.366 e. The van der Waals surface area contributed by atoms with Crippen molar-refractivity contribution in [2.75, 3.05) is 6.54 Å². The van der Waals surface area contributed by atoms with Gasteiger partial charge in [0.25, 0.3) is 5.91 Å². The summed E-state index contributed by atoms with van der Waals surface area (Å²) in [5.74, 6) is 0.961. The van der Waals surface area contributed by atoms with Gasteiger partial charge in [-0.2, -0.15) is 0 Å². The van der Waals surface area contributed by atoms with Gasteiger partial charge in [-0.15, -0.1) is 0 Å². The molecule has 1 saturated heterocycles. The second kappa shape index (κ2) is 3.57. The van der Waals surface area contributed by atoms with Crippen molar-refractivity contribution in [1.82, 2.24) is 15.3 Å². The van der Waals surface area contributed by atoms with Crippen molar-refractivity contribution in [3.63, 3.8) is 0 Å². The summed E-state index contributed by atoms with van der Waals surface area (Å²) in [7, 11) is 0. The highest BCUT2D eigenvalue weighted by molar-refractivity contribution is 6.04. The highest BCUT2D eigenvalue weighted by Gasteiger charge is 2.49. The Labute approximate surface area is 110 Å². The molecule has 1 amide bonds. The molecule has 1 aliphatic heterocycles. The molecule has 5 heteroatoms. The quantitative estimate of drug-likeness (QED) is 0.756. The van der Waals surface area contributed by atoms with E-state index in [1.165, 1.54) is 12.8 Å². The molecule has 0 bridgehead atoms. The topological polar surface area (TPSA) is 83.8 Å². The monoisotopic (exact) mass is 256 g/mol. The summed E-state index contributed by atoms with van der Waals surface area (Å²) in [6, 6.07) is 5.50. The summed E-state index contributed by atoms with van der Waals surface area (Å²) < 4.78 is 0. The number of rotatable bonds is 2. The average molecular weight is 256 g/mol. The number of nitrogens with two attached hydrogens (primary N) is 1. The highest BCUT2D eigenvalue weighted by Crippen LogP contribution is 2.47. The zero-order chi connectivity index (χ0) is 13.0. The number of primary amides is 1. The van der Waals surface area contributed by atoms with Gasteiger partial charge in [0.05, 0.1) is 11.1 Å². The number of nitrogens with one attached hydrogen (secondary N) is 2. The van der Waals surface area contributed by atoms with Crippen LogP contribution < -0.4 is 11.1 Å². The molecule has 1 unspecified atom stereocenters. The maximum atomic E-state index is 11.4. The van der Waals surface area contributed by atoms with Gasteiger partial charge in [-0.3, -0.25) is 4.79 Å². The van der Waals surface area contributed by atoms with Crippen molar-refractivity contribution in [3.8, 4) is 0 Å². The molecule has 0 radical (unpaired) electrons. The lowest BCUT2D eigenvalue weighted by molar-refractivity contribution is 0.100. The lowest BCUT2D eigenvalue weighted by atomic mass is 10.0. The number of nitrogens with zero attached hydrogens (tertiary/aromatic N) is 1. The maximum Gasteiger partial charge on any atom is 0.250 e. The zero-order valence-corrected chi connectivity index (χ0v) is 10.6. The smallest absolute Gasteiger partial charge is 0.250 e. The number of para-hydroxylation sites is 1. The van der Waals surface area contributed by atoms with Crippen molar-refractivity contribution in [1.29, 1.82) is 0 Å². The summed E-state index contributed by atoms with van der Waals surface area (Å²) >= 11 is 0. The van der Waals surface area contributed by atoms with Crippen LogP contribution in [-0.4, -0.2) is 28.0 Å². The fourth-order valence-electron chi connectivity index (χ4n) is 3.12. The van der Waals surface area contributed by atoms with E-state index >= 15 is 0 Å². The normalized spacial score (nSPS) is 24.1. The van der Waals surface area contributed by atoms with Crippen LogP contribution in [0.5, 0.6) is 0 Å². The van der Waals surface area contributed by atoms with Crippen molar-refractivity contribution >= 4 is 16.9 Å². The molecule has 2 aliphatic rings. The number of hydrogen-bond acceptors (Lipinski definition) is 3. The number of carbonyl (C=O) groups excluding carboxylic acids is 1. The Morgan fingerprint density at radius 2 is 2.26 bits per heavy atom. The molecule has 2 heterocycles. The van der Waals surface area contributed by atoms with E-state index in [9.17, 15) is 4.79 Å². The minimum absolute atomic E-state index is 0.385. The molecule has 1 spiro atoms. The number of benzene rings is 1. The van der Waals surface area contributed by atoms with Crippen LogP contribution in [0.2, 0.25) is 0 Å². The molecular formula is C14H16N4O. The van der Waals surface area contributed by atoms with Gasteiger partial charge >= 0.3 is 0 Å². The van der Waals surface area contributed by atoms with Crippen molar-refractivity contribution in [3.05, 3.63) is 29.6 Å². The van der Waals surface area contributed by atoms with Crippen LogP contribution >= 0.6 is 0 Å². The molecule has 1 aliphatic carbocycles. The predicted octanol–water partition coefficient (Wildman–Crippen LogP) is 1.27. The fraction of sp³-hybridized carbons (Fsp3) is 0.429. The molecule has 1 atom stereocenters. The first kappa shape index (κ1) is 11.0. The van der Waals surface area contributed by atoms with Crippen LogP contribution in [0.25, 0.3) is 11.0 Å². The van der Waals surface area contributed by atoms with Gasteiger partial charge in [-0.25, -0.2) is 4.98 Å². The lowest BCUT2D eigenvalue weighted by Gasteiger charge is -2.04. The minimum atomic E-state index is -0.424. The van der Waals surface area contributed by atoms with Gasteiger partial charge in [0.2, 0.25) is 0 Å². The van der Waals surface area contributed by atoms with Crippen molar-refractivity contribution < 1.29 is 4.79 Å². The number of imidazole rings is 1. The van der Waals surface area contributed by atoms with Gasteiger partial charge in [0.15, 0.2) is 0 Å². The second-order valence-electron chi connectivity index (χ2n) is 5.75. The van der Waals surface area contributed by atoms with Crippen molar-refractivity contribution in [2.24, 2.45) is 5.73 Å². The van der Waals surface area contributed by atoms with E-state index in [1.807, 2.05) is 12.1 Å². The minimum Gasteiger partial charge on any atom is -0.366 e. The van der Waals surface area contributed by atoms with Crippen molar-refractivity contribution in [2.45, 2.75) is 30.7 Å². The van der Waals surface area contributed by atoms with Crippen LogP contribution in [0.15, 0.2) is 18.2 Å². The summed E-state index contributed by atoms with van der Waals surface area (Å²) in [4.78, 5) is 19.4. The maximum absolute atomic E-state index is 11.4. The Balaban J connectivity index is 1.75. The number of hydrogen-bond donors (Lipinski definition) is 3. The van der Waals surface area contributed by atoms with E-state index in [0.29, 0.717) is 22.5 Å². The lowest BCUT2D eigenvalue weighted by Crippen LogP contribution is -2.22. The first-order valence-corrected chi connectivity index (χ1v) is 6.70. The molecule has 19 heavy (non-hydrogen) atoms. The van der Waals surface area contributed by atoms with Gasteiger partial charge in [-0.1, -0.05) is 6.07 Å². The molecule has 4 N–H and O–H groups in total. The van der Waals surface area contributed by atoms with E-state index in [1.54, 1.807) is 6.07 Å². The molecule has 2 aromatic rings. The molecule has 1 aromatic carbocycles. The fourth-order valence-corrected chi connectivity index (χ4v) is 3.12. The second-order valence-corrected chi connectivity index (χ2v) is 5.75. The third kappa shape index (κ3) is 1.65. The van der Waals surface area contributed by atoms with E-state index in [2.05, 4.69) is 15.3 Å². The zero-order valence-electron chi connectivity index (χ0n) is 10.6. The first-order valence-electron chi connectivity index (χ1n) is 6.70. The van der Waals surface area contributed by atoms with E-state index in [-0.39, 0.29) is 0 Å². The molecule has 1 saturated carbocycles. The van der Waals surface area contributed by atoms with Crippen LogP contribution in [0.1, 0.15) is 41.4 Å². The number of aromatic nitrogens is 2. The Morgan fingerprint density at radius 3 is 2.95 bits per heavy atom. The number of aromatic amines is 1. The molecule has 98 valence electrons. The summed E-state index contributed by atoms with van der Waals surface area (Å²) in [5.41, 5.74) is 7.86. The Bertz CT molecular complexity index is 671. The van der Waals surface area contributed by atoms with E-state index in [4.69, 9.17) is 5.73 Å². The van der Waals surface area contributed by atoms with Gasteiger partial charge in [0, 0.05) is 18.0 Å². The Hall–Kier alpha value is -1.88. The molecule has 1 aromatic heterocycles. The van der Waals surface area contributed by atoms with Crippen LogP contribution in [0.4, 0.5) is 0 Å². The third-order valence-electron chi connectivity index (χ3n) is 4.40. The molecular weight excluding hydrogens is 240 g/mol. The standard InChI is InChI=1S/C14H16N4O/c15-12(19)9-2-1-3-10-11(9)18-13(17-10)8-6-14(4-5-14)16-7-8/h1-3,8,16H,4-7H2,(H2,15,19)(H,17,18). The van der Waals surface area contributed by atoms with E-state index in [0.717, 1.165) is 24.3 Å². The SMILES string of the molecule is NC(=O)c1cccc2[nH]c(C3CNC4(CC4)C3)nc12. The van der Waals surface area contributed by atoms with Crippen LogP contribution in [-0.2, 0) is 0 Å². The Kier molecular flexibility index (Phi) is 2.07. The summed E-state index contributed by atoms with van der Waals surface area (Å²) in [6.07, 6.45) is 3.69. The number of carbonyl (C=O) groups is 1. The first-order chi connectivity index (χ1) is 9.17. The molecule has 5 nitrogen and oxygen atoms in total. The van der Waals surface area contributed by atoms with Gasteiger partial charge < -0.3 is 16.0 Å². The van der Waals surface area contributed by atoms with Gasteiger partial charge in [-0.05, 0) is 31.4 Å². The van der Waals surface area contributed by atoms with E-state index < -0.39 is 5.91 Å². The Morgan fingerprint density at radius 1 is 1.42 bits per heavy atom. The number of H-pyrrole nitrogens is 1. The predicted molar refractivity (Wildman–Crippen MR) is 71.9 cm³/mol. The number of amides is 1. The van der Waals surface area contributed by atoms with Gasteiger partial charge in [0.1, 0.15) is 11.3 Å². The molecule has 2 fully saturated rings.